The van der Waals surface area contributed by atoms with Gasteiger partial charge >= 0.3 is 0 Å². The molecule has 1 atom stereocenters. The van der Waals surface area contributed by atoms with Crippen LogP contribution in [0.4, 0.5) is 5.69 Å². The molecule has 3 rings (SSSR count). The molecule has 0 saturated heterocycles. The molecule has 0 aliphatic carbocycles. The number of nitrogens with one attached hydrogen (secondary N) is 1. The lowest BCUT2D eigenvalue weighted by Gasteiger charge is -2.12. The van der Waals surface area contributed by atoms with Crippen molar-refractivity contribution < 1.29 is 14.6 Å². The number of fused-ring (bicyclic) bond motifs is 1. The number of anilines is 1. The Morgan fingerprint density at radius 1 is 1.25 bits per heavy atom. The lowest BCUT2D eigenvalue weighted by atomic mass is 10.0. The van der Waals surface area contributed by atoms with E-state index in [0.717, 1.165) is 11.3 Å². The highest BCUT2D eigenvalue weighted by Crippen LogP contribution is 2.36. The highest BCUT2D eigenvalue weighted by Gasteiger charge is 2.30. The van der Waals surface area contributed by atoms with E-state index >= 15 is 0 Å². The van der Waals surface area contributed by atoms with Crippen LogP contribution < -0.4 is 10.1 Å². The maximum Gasteiger partial charge on any atom is 0.235 e. The minimum absolute atomic E-state index is 0.130. The molecule has 2 aromatic carbocycles. The van der Waals surface area contributed by atoms with Crippen molar-refractivity contribution in [1.29, 1.82) is 0 Å². The van der Waals surface area contributed by atoms with Crippen molar-refractivity contribution in [1.82, 2.24) is 0 Å². The van der Waals surface area contributed by atoms with Gasteiger partial charge in [0.15, 0.2) is 5.75 Å². The summed E-state index contributed by atoms with van der Waals surface area (Å²) in [5.74, 6) is -0.0187. The molecule has 0 bridgehead atoms. The molecule has 0 radical (unpaired) electrons. The molecule has 1 aliphatic heterocycles. The monoisotopic (exact) mass is 289 g/mol. The molecule has 1 heterocycles. The number of carbonyl (C=O) groups excluding carboxylic acids is 1. The van der Waals surface area contributed by atoms with Crippen LogP contribution in [0.25, 0.3) is 0 Å². The number of phenolic OH excluding ortho intramolecular Hbond substituents is 1. The van der Waals surface area contributed by atoms with Crippen molar-refractivity contribution >= 4 is 23.2 Å². The summed E-state index contributed by atoms with van der Waals surface area (Å²) < 4.78 is 5.47. The first kappa shape index (κ1) is 12.8. The molecule has 4 nitrogen and oxygen atoms in total. The third-order valence-corrected chi connectivity index (χ3v) is 3.57. The minimum atomic E-state index is -0.385. The molecule has 102 valence electrons. The number of hydrogen-bond donors (Lipinski definition) is 2. The Kier molecular flexibility index (Phi) is 3.24. The molecule has 0 aromatic heterocycles. The number of ether oxygens (including phenoxy) is 1. The number of para-hydroxylation sites is 2. The number of amides is 1. The lowest BCUT2D eigenvalue weighted by Crippen LogP contribution is -2.22. The molecule has 2 aromatic rings. The third kappa shape index (κ3) is 2.18. The highest BCUT2D eigenvalue weighted by atomic mass is 35.5. The first-order valence-electron chi connectivity index (χ1n) is 6.17. The standard InChI is InChI=1S/C15H12ClNO3/c16-11-5-3-6-12(14(11)18)17-15(19)10-8-20-13-7-2-1-4-9(10)13/h1-7,10,18H,8H2,(H,17,19)/t10-/m1/s1. The van der Waals surface area contributed by atoms with E-state index < -0.39 is 0 Å². The van der Waals surface area contributed by atoms with Crippen LogP contribution in [0.3, 0.4) is 0 Å². The zero-order valence-electron chi connectivity index (χ0n) is 10.5. The Labute approximate surface area is 120 Å². The number of carbonyl (C=O) groups is 1. The molecule has 0 fully saturated rings. The fourth-order valence-electron chi connectivity index (χ4n) is 2.22. The van der Waals surface area contributed by atoms with Crippen molar-refractivity contribution in [3.8, 4) is 11.5 Å². The summed E-state index contributed by atoms with van der Waals surface area (Å²) in [7, 11) is 0. The molecule has 0 unspecified atom stereocenters. The van der Waals surface area contributed by atoms with Crippen molar-refractivity contribution in [2.24, 2.45) is 0 Å². The number of hydrogen-bond acceptors (Lipinski definition) is 3. The molecular weight excluding hydrogens is 278 g/mol. The molecule has 2 N–H and O–H groups in total. The zero-order valence-corrected chi connectivity index (χ0v) is 11.2. The summed E-state index contributed by atoms with van der Waals surface area (Å²) in [6, 6.07) is 12.2. The van der Waals surface area contributed by atoms with Gasteiger partial charge in [-0.3, -0.25) is 4.79 Å². The number of rotatable bonds is 2. The third-order valence-electron chi connectivity index (χ3n) is 3.26. The van der Waals surface area contributed by atoms with E-state index in [1.165, 1.54) is 0 Å². The molecule has 5 heteroatoms. The van der Waals surface area contributed by atoms with E-state index in [9.17, 15) is 9.90 Å². The van der Waals surface area contributed by atoms with Crippen molar-refractivity contribution in [3.63, 3.8) is 0 Å². The summed E-state index contributed by atoms with van der Waals surface area (Å²) in [6.07, 6.45) is 0. The summed E-state index contributed by atoms with van der Waals surface area (Å²) in [4.78, 5) is 12.3. The maximum absolute atomic E-state index is 12.3. The van der Waals surface area contributed by atoms with Crippen molar-refractivity contribution in [3.05, 3.63) is 53.1 Å². The highest BCUT2D eigenvalue weighted by molar-refractivity contribution is 6.32. The number of benzene rings is 2. The van der Waals surface area contributed by atoms with Gasteiger partial charge in [0.05, 0.1) is 10.7 Å². The van der Waals surface area contributed by atoms with E-state index in [-0.39, 0.29) is 22.6 Å². The van der Waals surface area contributed by atoms with Crippen molar-refractivity contribution in [2.75, 3.05) is 11.9 Å². The van der Waals surface area contributed by atoms with Gasteiger partial charge in [-0.2, -0.15) is 0 Å². The second-order valence-electron chi connectivity index (χ2n) is 4.53. The number of phenols is 1. The van der Waals surface area contributed by atoms with E-state index in [1.807, 2.05) is 24.3 Å². The van der Waals surface area contributed by atoms with Gasteiger partial charge in [0.1, 0.15) is 18.3 Å². The first-order valence-corrected chi connectivity index (χ1v) is 6.54. The number of aromatic hydroxyl groups is 1. The Hall–Kier alpha value is -2.20. The van der Waals surface area contributed by atoms with Gasteiger partial charge in [0.2, 0.25) is 5.91 Å². The Bertz CT molecular complexity index is 672. The summed E-state index contributed by atoms with van der Waals surface area (Å²) in [5, 5.41) is 12.7. The Morgan fingerprint density at radius 2 is 2.05 bits per heavy atom. The van der Waals surface area contributed by atoms with Crippen LogP contribution in [0.1, 0.15) is 11.5 Å². The summed E-state index contributed by atoms with van der Waals surface area (Å²) in [5.41, 5.74) is 1.15. The average Bonchev–Trinajstić information content (AvgIpc) is 2.88. The van der Waals surface area contributed by atoms with Crippen LogP contribution >= 0.6 is 11.6 Å². The SMILES string of the molecule is O=C(Nc1cccc(Cl)c1O)[C@@H]1COc2ccccc21. The average molecular weight is 290 g/mol. The topological polar surface area (TPSA) is 58.6 Å². The van der Waals surface area contributed by atoms with E-state index in [4.69, 9.17) is 16.3 Å². The van der Waals surface area contributed by atoms with Crippen LogP contribution in [0.2, 0.25) is 5.02 Å². The smallest absolute Gasteiger partial charge is 0.235 e. The zero-order chi connectivity index (χ0) is 14.1. The summed E-state index contributed by atoms with van der Waals surface area (Å²) in [6.45, 7) is 0.298. The van der Waals surface area contributed by atoms with Crippen LogP contribution in [0.5, 0.6) is 11.5 Å². The quantitative estimate of drug-likeness (QED) is 0.835. The van der Waals surface area contributed by atoms with Gasteiger partial charge in [-0.05, 0) is 18.2 Å². The van der Waals surface area contributed by atoms with E-state index in [2.05, 4.69) is 5.32 Å². The molecule has 1 aliphatic rings. The van der Waals surface area contributed by atoms with Gasteiger partial charge in [-0.15, -0.1) is 0 Å². The Morgan fingerprint density at radius 3 is 2.90 bits per heavy atom. The van der Waals surface area contributed by atoms with E-state index in [0.29, 0.717) is 12.3 Å². The molecule has 1 amide bonds. The Balaban J connectivity index is 1.83. The maximum atomic E-state index is 12.3. The minimum Gasteiger partial charge on any atom is -0.504 e. The predicted molar refractivity (Wildman–Crippen MR) is 76.4 cm³/mol. The molecule has 20 heavy (non-hydrogen) atoms. The fraction of sp³-hybridized carbons (Fsp3) is 0.133. The largest absolute Gasteiger partial charge is 0.504 e. The van der Waals surface area contributed by atoms with Gasteiger partial charge in [-0.25, -0.2) is 0 Å². The molecule has 0 spiro atoms. The molecular formula is C15H12ClNO3. The van der Waals surface area contributed by atoms with Gasteiger partial charge in [0, 0.05) is 5.56 Å². The van der Waals surface area contributed by atoms with Crippen LogP contribution in [-0.2, 0) is 4.79 Å². The van der Waals surface area contributed by atoms with Crippen LogP contribution in [0, 0.1) is 0 Å². The van der Waals surface area contributed by atoms with Crippen LogP contribution in [0.15, 0.2) is 42.5 Å². The second kappa shape index (κ2) is 5.06. The fourth-order valence-corrected chi connectivity index (χ4v) is 2.39. The van der Waals surface area contributed by atoms with Crippen LogP contribution in [-0.4, -0.2) is 17.6 Å². The van der Waals surface area contributed by atoms with Gasteiger partial charge < -0.3 is 15.2 Å². The van der Waals surface area contributed by atoms with Gasteiger partial charge in [0.25, 0.3) is 0 Å². The second-order valence-corrected chi connectivity index (χ2v) is 4.93. The summed E-state index contributed by atoms with van der Waals surface area (Å²) >= 11 is 5.81. The lowest BCUT2D eigenvalue weighted by molar-refractivity contribution is -0.117. The number of halogens is 1. The molecule has 0 saturated carbocycles. The van der Waals surface area contributed by atoms with Gasteiger partial charge in [-0.1, -0.05) is 35.9 Å². The van der Waals surface area contributed by atoms with Crippen molar-refractivity contribution in [2.45, 2.75) is 5.92 Å². The van der Waals surface area contributed by atoms with E-state index in [1.54, 1.807) is 18.2 Å². The first-order chi connectivity index (χ1) is 9.66. The normalized spacial score (nSPS) is 16.4. The predicted octanol–water partition coefficient (Wildman–Crippen LogP) is 3.16.